The minimum atomic E-state index is -0.0187. The van der Waals surface area contributed by atoms with Crippen LogP contribution in [0.25, 0.3) is 10.1 Å². The van der Waals surface area contributed by atoms with E-state index in [2.05, 4.69) is 43.1 Å². The highest BCUT2D eigenvalue weighted by molar-refractivity contribution is 9.10. The van der Waals surface area contributed by atoms with Crippen molar-refractivity contribution < 1.29 is 4.79 Å². The Morgan fingerprint density at radius 1 is 1.27 bits per heavy atom. The van der Waals surface area contributed by atoms with Crippen molar-refractivity contribution in [1.29, 1.82) is 0 Å². The van der Waals surface area contributed by atoms with Crippen molar-refractivity contribution in [3.8, 4) is 0 Å². The number of rotatable bonds is 6. The Morgan fingerprint density at radius 3 is 2.95 bits per heavy atom. The molecule has 3 aromatic rings. The zero-order chi connectivity index (χ0) is 15.4. The summed E-state index contributed by atoms with van der Waals surface area (Å²) in [6.07, 6.45) is 0.851. The van der Waals surface area contributed by atoms with Crippen LogP contribution in [0.5, 0.6) is 0 Å². The maximum atomic E-state index is 11.9. The summed E-state index contributed by atoms with van der Waals surface area (Å²) < 4.78 is 6.54. The van der Waals surface area contributed by atoms with Gasteiger partial charge in [0.1, 0.15) is 5.82 Å². The lowest BCUT2D eigenvalue weighted by atomic mass is 10.2. The van der Waals surface area contributed by atoms with E-state index in [1.54, 1.807) is 0 Å². The fourth-order valence-electron chi connectivity index (χ4n) is 2.03. The summed E-state index contributed by atoms with van der Waals surface area (Å²) in [7, 11) is 0. The molecule has 1 amide bonds. The smallest absolute Gasteiger partial charge is 0.261 e. The predicted molar refractivity (Wildman–Crippen MR) is 97.1 cm³/mol. The highest BCUT2D eigenvalue weighted by Crippen LogP contribution is 2.25. The molecule has 2 heterocycles. The average molecular weight is 396 g/mol. The number of carbonyl (C=O) groups is 1. The molecule has 2 aromatic heterocycles. The molecule has 0 aliphatic heterocycles. The van der Waals surface area contributed by atoms with Crippen LogP contribution in [0.4, 0.5) is 5.82 Å². The van der Waals surface area contributed by atoms with E-state index in [0.717, 1.165) is 33.5 Å². The van der Waals surface area contributed by atoms with Crippen molar-refractivity contribution >= 4 is 60.6 Å². The lowest BCUT2D eigenvalue weighted by Gasteiger charge is -2.05. The standard InChI is InChI=1S/C15H14BrN3OS2/c16-10-8-13(21-9-10)15(20)18-7-3-6-17-14-11-4-1-2-5-12(11)22-19-14/h1-2,4-5,8-9H,3,6-7H2,(H,17,19)(H,18,20). The predicted octanol–water partition coefficient (Wildman–Crippen LogP) is 4.35. The molecule has 2 N–H and O–H groups in total. The molecule has 0 aliphatic rings. The number of thiophene rings is 1. The third kappa shape index (κ3) is 3.66. The van der Waals surface area contributed by atoms with Crippen LogP contribution in [0.15, 0.2) is 40.2 Å². The summed E-state index contributed by atoms with van der Waals surface area (Å²) in [4.78, 5) is 12.6. The van der Waals surface area contributed by atoms with Gasteiger partial charge in [0.2, 0.25) is 0 Å². The van der Waals surface area contributed by atoms with Crippen molar-refractivity contribution in [3.05, 3.63) is 45.1 Å². The molecule has 3 rings (SSSR count). The number of anilines is 1. The summed E-state index contributed by atoms with van der Waals surface area (Å²) in [6.45, 7) is 1.42. The Balaban J connectivity index is 1.43. The van der Waals surface area contributed by atoms with Crippen LogP contribution in [0.2, 0.25) is 0 Å². The SMILES string of the molecule is O=C(NCCCNc1nsc2ccccc12)c1cc(Br)cs1. The number of carbonyl (C=O) groups excluding carboxylic acids is 1. The zero-order valence-corrected chi connectivity index (χ0v) is 14.9. The summed E-state index contributed by atoms with van der Waals surface area (Å²) in [5.74, 6) is 0.906. The molecule has 7 heteroatoms. The molecule has 0 bridgehead atoms. The average Bonchev–Trinajstić information content (AvgIpc) is 3.13. The van der Waals surface area contributed by atoms with E-state index in [1.165, 1.54) is 27.6 Å². The lowest BCUT2D eigenvalue weighted by molar-refractivity contribution is 0.0957. The van der Waals surface area contributed by atoms with Gasteiger partial charge in [-0.2, -0.15) is 4.37 Å². The van der Waals surface area contributed by atoms with Gasteiger partial charge in [-0.05, 0) is 52.1 Å². The van der Waals surface area contributed by atoms with Gasteiger partial charge in [-0.1, -0.05) is 12.1 Å². The van der Waals surface area contributed by atoms with Gasteiger partial charge in [-0.3, -0.25) is 4.79 Å². The van der Waals surface area contributed by atoms with E-state index < -0.39 is 0 Å². The van der Waals surface area contributed by atoms with Gasteiger partial charge in [0.25, 0.3) is 5.91 Å². The molecule has 0 atom stereocenters. The summed E-state index contributed by atoms with van der Waals surface area (Å²) in [6, 6.07) is 10.00. The van der Waals surface area contributed by atoms with E-state index in [9.17, 15) is 4.79 Å². The van der Waals surface area contributed by atoms with Crippen molar-refractivity contribution in [2.75, 3.05) is 18.4 Å². The Morgan fingerprint density at radius 2 is 2.14 bits per heavy atom. The third-order valence-corrected chi connectivity index (χ3v) is 5.62. The third-order valence-electron chi connectivity index (χ3n) is 3.10. The van der Waals surface area contributed by atoms with Crippen LogP contribution < -0.4 is 10.6 Å². The van der Waals surface area contributed by atoms with Crippen molar-refractivity contribution in [1.82, 2.24) is 9.69 Å². The largest absolute Gasteiger partial charge is 0.369 e. The van der Waals surface area contributed by atoms with Gasteiger partial charge in [0, 0.05) is 28.3 Å². The Labute approximate surface area is 144 Å². The van der Waals surface area contributed by atoms with Gasteiger partial charge < -0.3 is 10.6 Å². The first kappa shape index (κ1) is 15.5. The van der Waals surface area contributed by atoms with E-state index in [4.69, 9.17) is 0 Å². The van der Waals surface area contributed by atoms with Crippen LogP contribution in [-0.2, 0) is 0 Å². The van der Waals surface area contributed by atoms with Gasteiger partial charge in [0.05, 0.1) is 9.58 Å². The maximum absolute atomic E-state index is 11.9. The number of benzene rings is 1. The molecule has 0 radical (unpaired) electrons. The van der Waals surface area contributed by atoms with Crippen LogP contribution in [-0.4, -0.2) is 23.4 Å². The second kappa shape index (κ2) is 7.21. The lowest BCUT2D eigenvalue weighted by Crippen LogP contribution is -2.25. The molecule has 0 saturated heterocycles. The van der Waals surface area contributed by atoms with Gasteiger partial charge in [0.15, 0.2) is 0 Å². The van der Waals surface area contributed by atoms with E-state index >= 15 is 0 Å². The first-order valence-corrected chi connectivity index (χ1v) is 9.29. The molecular weight excluding hydrogens is 382 g/mol. The number of hydrogen-bond donors (Lipinski definition) is 2. The topological polar surface area (TPSA) is 54.0 Å². The van der Waals surface area contributed by atoms with E-state index in [0.29, 0.717) is 6.54 Å². The molecule has 0 fully saturated rings. The highest BCUT2D eigenvalue weighted by atomic mass is 79.9. The minimum Gasteiger partial charge on any atom is -0.369 e. The van der Waals surface area contributed by atoms with Crippen LogP contribution in [0.1, 0.15) is 16.1 Å². The fourth-order valence-corrected chi connectivity index (χ4v) is 4.13. The van der Waals surface area contributed by atoms with Crippen molar-refractivity contribution in [2.45, 2.75) is 6.42 Å². The molecule has 22 heavy (non-hydrogen) atoms. The number of nitrogens with zero attached hydrogens (tertiary/aromatic N) is 1. The second-order valence-corrected chi connectivity index (χ2v) is 7.32. The molecule has 0 unspecified atom stereocenters. The molecule has 0 saturated carbocycles. The Kier molecular flexibility index (Phi) is 5.07. The number of amides is 1. The second-order valence-electron chi connectivity index (χ2n) is 4.69. The van der Waals surface area contributed by atoms with E-state index in [-0.39, 0.29) is 5.91 Å². The number of fused-ring (bicyclic) bond motifs is 1. The van der Waals surface area contributed by atoms with Crippen molar-refractivity contribution in [2.24, 2.45) is 0 Å². The molecule has 0 aliphatic carbocycles. The Hall–Kier alpha value is -1.44. The van der Waals surface area contributed by atoms with Crippen LogP contribution >= 0.6 is 38.8 Å². The molecule has 1 aromatic carbocycles. The number of nitrogens with one attached hydrogen (secondary N) is 2. The molecule has 0 spiro atoms. The quantitative estimate of drug-likeness (QED) is 0.609. The highest BCUT2D eigenvalue weighted by Gasteiger charge is 2.07. The molecule has 4 nitrogen and oxygen atoms in total. The number of halogens is 1. The minimum absolute atomic E-state index is 0.0187. The van der Waals surface area contributed by atoms with Gasteiger partial charge in [-0.25, -0.2) is 0 Å². The van der Waals surface area contributed by atoms with Gasteiger partial charge >= 0.3 is 0 Å². The molecule has 114 valence electrons. The molecular formula is C15H14BrN3OS2. The zero-order valence-electron chi connectivity index (χ0n) is 11.6. The van der Waals surface area contributed by atoms with Crippen LogP contribution in [0.3, 0.4) is 0 Å². The first-order chi connectivity index (χ1) is 10.7. The fraction of sp³-hybridized carbons (Fsp3) is 0.200. The normalized spacial score (nSPS) is 10.8. The number of hydrogen-bond acceptors (Lipinski definition) is 5. The van der Waals surface area contributed by atoms with Crippen molar-refractivity contribution in [3.63, 3.8) is 0 Å². The Bertz CT molecular complexity index is 784. The summed E-state index contributed by atoms with van der Waals surface area (Å²) >= 11 is 6.28. The monoisotopic (exact) mass is 395 g/mol. The van der Waals surface area contributed by atoms with E-state index in [1.807, 2.05) is 23.6 Å². The first-order valence-electron chi connectivity index (χ1n) is 6.84. The van der Waals surface area contributed by atoms with Gasteiger partial charge in [-0.15, -0.1) is 11.3 Å². The maximum Gasteiger partial charge on any atom is 0.261 e. The number of aromatic nitrogens is 1. The summed E-state index contributed by atoms with van der Waals surface area (Å²) in [5, 5.41) is 9.31. The van der Waals surface area contributed by atoms with Crippen LogP contribution in [0, 0.1) is 0 Å². The summed E-state index contributed by atoms with van der Waals surface area (Å²) in [5.41, 5.74) is 0.